The maximum Gasteiger partial charge on any atom is 0.153 e. The van der Waals surface area contributed by atoms with Crippen LogP contribution in [0.2, 0.25) is 0 Å². The number of hydrogen-bond acceptors (Lipinski definition) is 5. The van der Waals surface area contributed by atoms with Crippen molar-refractivity contribution in [3.05, 3.63) is 124 Å². The number of benzene rings is 2. The first kappa shape index (κ1) is 25.9. The summed E-state index contributed by atoms with van der Waals surface area (Å²) in [7, 11) is 0. The SMILES string of the molecule is O=C(CN1CCN(Cc2ccncc2)CC1)C1C=c2c(ccc3c2=CCc2ccccc2-3)C(C2=CC=CC=CN2)C1. The number of aromatic nitrogens is 1. The minimum Gasteiger partial charge on any atom is -0.364 e. The Morgan fingerprint density at radius 1 is 0.878 bits per heavy atom. The quantitative estimate of drug-likeness (QED) is 0.514. The number of allylic oxidation sites excluding steroid dienone is 5. The zero-order valence-electron chi connectivity index (χ0n) is 23.4. The van der Waals surface area contributed by atoms with Gasteiger partial charge in [0.1, 0.15) is 0 Å². The number of fused-ring (bicyclic) bond motifs is 5. The number of nitrogens with zero attached hydrogens (tertiary/aromatic N) is 3. The molecule has 3 heterocycles. The summed E-state index contributed by atoms with van der Waals surface area (Å²) < 4.78 is 0. The number of nitrogens with one attached hydrogen (secondary N) is 1. The summed E-state index contributed by atoms with van der Waals surface area (Å²) >= 11 is 0. The van der Waals surface area contributed by atoms with Crippen molar-refractivity contribution < 1.29 is 4.79 Å². The van der Waals surface area contributed by atoms with Crippen LogP contribution >= 0.6 is 0 Å². The molecule has 1 fully saturated rings. The van der Waals surface area contributed by atoms with Crippen LogP contribution in [0.1, 0.15) is 29.0 Å². The van der Waals surface area contributed by atoms with Gasteiger partial charge in [-0.1, -0.05) is 60.7 Å². The van der Waals surface area contributed by atoms with Crippen molar-refractivity contribution in [2.24, 2.45) is 5.92 Å². The van der Waals surface area contributed by atoms with E-state index < -0.39 is 0 Å². The van der Waals surface area contributed by atoms with Crippen molar-refractivity contribution in [3.63, 3.8) is 0 Å². The van der Waals surface area contributed by atoms with Gasteiger partial charge in [-0.15, -0.1) is 0 Å². The molecule has 1 N–H and O–H groups in total. The van der Waals surface area contributed by atoms with Gasteiger partial charge >= 0.3 is 0 Å². The molecule has 0 bridgehead atoms. The zero-order valence-corrected chi connectivity index (χ0v) is 23.4. The summed E-state index contributed by atoms with van der Waals surface area (Å²) in [5.41, 5.74) is 7.72. The fourth-order valence-corrected chi connectivity index (χ4v) is 6.82. The van der Waals surface area contributed by atoms with Gasteiger partial charge in [-0.05, 0) is 75.4 Å². The van der Waals surface area contributed by atoms with E-state index in [0.29, 0.717) is 12.3 Å². The topological polar surface area (TPSA) is 48.5 Å². The van der Waals surface area contributed by atoms with Gasteiger partial charge in [0.2, 0.25) is 0 Å². The predicted molar refractivity (Wildman–Crippen MR) is 165 cm³/mol. The van der Waals surface area contributed by atoms with Crippen LogP contribution in [0.3, 0.4) is 0 Å². The summed E-state index contributed by atoms with van der Waals surface area (Å²) in [6.07, 6.45) is 20.4. The van der Waals surface area contributed by atoms with Crippen LogP contribution in [-0.2, 0) is 17.8 Å². The van der Waals surface area contributed by atoms with Gasteiger partial charge in [0.15, 0.2) is 5.78 Å². The highest BCUT2D eigenvalue weighted by Gasteiger charge is 2.31. The molecule has 5 nitrogen and oxygen atoms in total. The fourth-order valence-electron chi connectivity index (χ4n) is 6.82. The minimum atomic E-state index is -0.113. The molecular weight excluding hydrogens is 504 g/mol. The lowest BCUT2D eigenvalue weighted by Gasteiger charge is -2.35. The average molecular weight is 541 g/mol. The van der Waals surface area contributed by atoms with Crippen LogP contribution < -0.4 is 15.8 Å². The summed E-state index contributed by atoms with van der Waals surface area (Å²) in [5, 5.41) is 6.05. The smallest absolute Gasteiger partial charge is 0.153 e. The molecule has 206 valence electrons. The lowest BCUT2D eigenvalue weighted by molar-refractivity contribution is -0.123. The number of carbonyl (C=O) groups is 1. The van der Waals surface area contributed by atoms with E-state index in [1.54, 1.807) is 0 Å². The van der Waals surface area contributed by atoms with Crippen molar-refractivity contribution in [1.29, 1.82) is 0 Å². The molecule has 2 aliphatic carbocycles. The van der Waals surface area contributed by atoms with E-state index in [1.807, 2.05) is 30.7 Å². The molecule has 41 heavy (non-hydrogen) atoms. The number of hydrogen-bond donors (Lipinski definition) is 1. The Morgan fingerprint density at radius 3 is 2.59 bits per heavy atom. The first-order valence-corrected chi connectivity index (χ1v) is 14.8. The number of piperazine rings is 1. The monoisotopic (exact) mass is 540 g/mol. The Hall–Kier alpha value is -4.06. The van der Waals surface area contributed by atoms with Gasteiger partial charge in [-0.25, -0.2) is 0 Å². The third-order valence-corrected chi connectivity index (χ3v) is 9.02. The molecule has 2 aromatic carbocycles. The fraction of sp³-hybridized carbons (Fsp3) is 0.278. The maximum atomic E-state index is 13.9. The second-order valence-corrected chi connectivity index (χ2v) is 11.5. The van der Waals surface area contributed by atoms with E-state index in [4.69, 9.17) is 0 Å². The van der Waals surface area contributed by atoms with Crippen LogP contribution in [-0.4, -0.2) is 53.3 Å². The third-order valence-electron chi connectivity index (χ3n) is 9.02. The van der Waals surface area contributed by atoms with Crippen LogP contribution in [0.5, 0.6) is 0 Å². The normalized spacial score (nSPS) is 21.7. The molecule has 1 saturated heterocycles. The molecule has 4 aliphatic rings. The first-order valence-electron chi connectivity index (χ1n) is 14.8. The standard InChI is InChI=1S/C36H36N4O/c41-36(25-40-20-18-39(19-21-40)24-26-13-16-37-17-14-26)28-22-33-31-10-9-27-6-3-4-7-29(27)30(31)11-12-32(33)34(23-28)35-8-2-1-5-15-38-35/h1-8,10-17,22,28,34,38H,9,18-21,23-25H2. The summed E-state index contributed by atoms with van der Waals surface area (Å²) in [6, 6.07) is 17.5. The van der Waals surface area contributed by atoms with Gasteiger partial charge in [-0.2, -0.15) is 0 Å². The molecule has 3 aromatic rings. The average Bonchev–Trinajstić information content (AvgIpc) is 3.31. The Labute approximate surface area is 241 Å². The molecule has 2 unspecified atom stereocenters. The highest BCUT2D eigenvalue weighted by Crippen LogP contribution is 2.34. The highest BCUT2D eigenvalue weighted by atomic mass is 16.1. The molecular formula is C36H36N4O. The zero-order chi connectivity index (χ0) is 27.6. The predicted octanol–water partition coefficient (Wildman–Crippen LogP) is 3.91. The number of rotatable bonds is 6. The van der Waals surface area contributed by atoms with Crippen molar-refractivity contribution in [2.75, 3.05) is 32.7 Å². The number of ketones is 1. The molecule has 7 rings (SSSR count). The van der Waals surface area contributed by atoms with Gasteiger partial charge in [0.05, 0.1) is 6.54 Å². The van der Waals surface area contributed by atoms with Crippen LogP contribution in [0.25, 0.3) is 23.3 Å². The molecule has 1 aromatic heterocycles. The van der Waals surface area contributed by atoms with Gasteiger partial charge in [-0.3, -0.25) is 19.6 Å². The van der Waals surface area contributed by atoms with E-state index in [0.717, 1.165) is 51.3 Å². The number of carbonyl (C=O) groups excluding carboxylic acids is 1. The molecule has 0 spiro atoms. The highest BCUT2D eigenvalue weighted by molar-refractivity contribution is 5.89. The Kier molecular flexibility index (Phi) is 7.22. The van der Waals surface area contributed by atoms with Gasteiger partial charge in [0, 0.05) is 68.9 Å². The lowest BCUT2D eigenvalue weighted by Crippen LogP contribution is -2.48. The second-order valence-electron chi connectivity index (χ2n) is 11.5. The number of pyridine rings is 1. The van der Waals surface area contributed by atoms with Crippen LogP contribution in [0.15, 0.2) is 97.1 Å². The Morgan fingerprint density at radius 2 is 1.71 bits per heavy atom. The summed E-state index contributed by atoms with van der Waals surface area (Å²) in [4.78, 5) is 22.9. The molecule has 5 heteroatoms. The maximum absolute atomic E-state index is 13.9. The van der Waals surface area contributed by atoms with Crippen molar-refractivity contribution in [3.8, 4) is 11.1 Å². The first-order chi connectivity index (χ1) is 20.2. The van der Waals surface area contributed by atoms with E-state index in [2.05, 4.69) is 92.9 Å². The molecule has 2 aliphatic heterocycles. The largest absolute Gasteiger partial charge is 0.364 e. The minimum absolute atomic E-state index is 0.113. The van der Waals surface area contributed by atoms with Gasteiger partial charge in [0.25, 0.3) is 0 Å². The van der Waals surface area contributed by atoms with Crippen LogP contribution in [0, 0.1) is 5.92 Å². The van der Waals surface area contributed by atoms with Crippen molar-refractivity contribution >= 4 is 17.9 Å². The molecule has 0 amide bonds. The van der Waals surface area contributed by atoms with Gasteiger partial charge < -0.3 is 5.32 Å². The lowest BCUT2D eigenvalue weighted by atomic mass is 9.76. The van der Waals surface area contributed by atoms with E-state index in [9.17, 15) is 4.79 Å². The van der Waals surface area contributed by atoms with Crippen molar-refractivity contribution in [2.45, 2.75) is 25.3 Å². The van der Waals surface area contributed by atoms with Crippen LogP contribution in [0.4, 0.5) is 0 Å². The Bertz CT molecular complexity index is 1660. The summed E-state index contributed by atoms with van der Waals surface area (Å²) in [5.74, 6) is 0.361. The van der Waals surface area contributed by atoms with E-state index in [-0.39, 0.29) is 11.8 Å². The second kappa shape index (κ2) is 11.4. The molecule has 0 radical (unpaired) electrons. The van der Waals surface area contributed by atoms with E-state index in [1.165, 1.54) is 38.3 Å². The van der Waals surface area contributed by atoms with E-state index >= 15 is 0 Å². The third kappa shape index (κ3) is 5.35. The number of Topliss-reactive ketones (excluding diaryl/α,β-unsaturated/α-hetero) is 1. The molecule has 0 saturated carbocycles. The van der Waals surface area contributed by atoms with Crippen molar-refractivity contribution in [1.82, 2.24) is 20.1 Å². The Balaban J connectivity index is 1.16. The summed E-state index contributed by atoms with van der Waals surface area (Å²) in [6.45, 7) is 5.26. The molecule has 2 atom stereocenters.